The highest BCUT2D eigenvalue weighted by Crippen LogP contribution is 2.13. The molecule has 0 saturated heterocycles. The maximum Gasteiger partial charge on any atom is 0.168 e. The molecule has 0 amide bonds. The van der Waals surface area contributed by atoms with Crippen LogP contribution in [0.4, 0.5) is 5.82 Å². The maximum atomic E-state index is 5.60. The van der Waals surface area contributed by atoms with Gasteiger partial charge >= 0.3 is 0 Å². The van der Waals surface area contributed by atoms with E-state index in [1.807, 2.05) is 11.6 Å². The fourth-order valence-electron chi connectivity index (χ4n) is 1.34. The van der Waals surface area contributed by atoms with Crippen LogP contribution in [0, 0.1) is 12.8 Å². The summed E-state index contributed by atoms with van der Waals surface area (Å²) in [6.07, 6.45) is 2.35. The second-order valence-electron chi connectivity index (χ2n) is 3.42. The van der Waals surface area contributed by atoms with Crippen LogP contribution >= 0.6 is 0 Å². The maximum absolute atomic E-state index is 5.60. The van der Waals surface area contributed by atoms with Gasteiger partial charge in [0.15, 0.2) is 5.82 Å². The smallest absolute Gasteiger partial charge is 0.168 e. The van der Waals surface area contributed by atoms with Gasteiger partial charge in [-0.15, -0.1) is 5.10 Å². The minimum Gasteiger partial charge on any atom is -0.381 e. The molecule has 0 aromatic carbocycles. The largest absolute Gasteiger partial charge is 0.381 e. The summed E-state index contributed by atoms with van der Waals surface area (Å²) in [5.41, 5.74) is 6.58. The van der Waals surface area contributed by atoms with E-state index in [0.717, 1.165) is 12.2 Å². The summed E-state index contributed by atoms with van der Waals surface area (Å²) in [5.74, 6) is 1.23. The molecule has 1 heterocycles. The second-order valence-corrected chi connectivity index (χ2v) is 3.42. The molecular formula is C9H18N4. The lowest BCUT2D eigenvalue weighted by atomic mass is 10.0. The van der Waals surface area contributed by atoms with Gasteiger partial charge in [-0.05, 0) is 12.8 Å². The Labute approximate surface area is 79.1 Å². The summed E-state index contributed by atoms with van der Waals surface area (Å²) in [6, 6.07) is 0. The van der Waals surface area contributed by atoms with Crippen molar-refractivity contribution in [3.8, 4) is 0 Å². The van der Waals surface area contributed by atoms with E-state index in [9.17, 15) is 0 Å². The van der Waals surface area contributed by atoms with Crippen LogP contribution in [0.3, 0.4) is 0 Å². The monoisotopic (exact) mass is 182 g/mol. The summed E-state index contributed by atoms with van der Waals surface area (Å²) in [6.45, 7) is 7.29. The average molecular weight is 182 g/mol. The van der Waals surface area contributed by atoms with Gasteiger partial charge in [0.2, 0.25) is 0 Å². The Hall–Kier alpha value is -1.06. The number of hydrogen-bond donors (Lipinski definition) is 1. The van der Waals surface area contributed by atoms with Gasteiger partial charge in [-0.2, -0.15) is 0 Å². The predicted molar refractivity (Wildman–Crippen MR) is 53.2 cm³/mol. The van der Waals surface area contributed by atoms with Crippen LogP contribution in [-0.2, 0) is 6.54 Å². The Balaban J connectivity index is 2.67. The van der Waals surface area contributed by atoms with Crippen molar-refractivity contribution in [3.05, 3.63) is 5.69 Å². The summed E-state index contributed by atoms with van der Waals surface area (Å²) in [7, 11) is 0. The van der Waals surface area contributed by atoms with E-state index in [1.54, 1.807) is 0 Å². The van der Waals surface area contributed by atoms with E-state index >= 15 is 0 Å². The Morgan fingerprint density at radius 2 is 2.00 bits per heavy atom. The summed E-state index contributed by atoms with van der Waals surface area (Å²) in [4.78, 5) is 0. The third-order valence-electron chi connectivity index (χ3n) is 2.60. The molecule has 0 bridgehead atoms. The fourth-order valence-corrected chi connectivity index (χ4v) is 1.34. The highest BCUT2D eigenvalue weighted by atomic mass is 15.4. The first-order valence-corrected chi connectivity index (χ1v) is 4.84. The molecule has 0 spiro atoms. The Bertz CT molecular complexity index is 263. The van der Waals surface area contributed by atoms with Crippen molar-refractivity contribution in [2.75, 3.05) is 5.73 Å². The molecule has 74 valence electrons. The van der Waals surface area contributed by atoms with E-state index < -0.39 is 0 Å². The standard InChI is InChI=1S/C9H18N4/c1-4-8(5-2)6-13-7(3)9(10)11-12-13/h8H,4-6,10H2,1-3H3. The van der Waals surface area contributed by atoms with Gasteiger partial charge in [-0.3, -0.25) is 0 Å². The minimum atomic E-state index is 0.547. The van der Waals surface area contributed by atoms with Crippen LogP contribution < -0.4 is 5.73 Å². The van der Waals surface area contributed by atoms with Crippen molar-refractivity contribution in [2.45, 2.75) is 40.2 Å². The van der Waals surface area contributed by atoms with Gasteiger partial charge in [-0.1, -0.05) is 31.9 Å². The number of aromatic nitrogens is 3. The Kier molecular flexibility index (Phi) is 3.28. The molecule has 13 heavy (non-hydrogen) atoms. The van der Waals surface area contributed by atoms with Crippen LogP contribution in [0.1, 0.15) is 32.4 Å². The molecular weight excluding hydrogens is 164 g/mol. The molecule has 0 saturated carbocycles. The van der Waals surface area contributed by atoms with Gasteiger partial charge < -0.3 is 5.73 Å². The van der Waals surface area contributed by atoms with Gasteiger partial charge in [0.05, 0.1) is 5.69 Å². The molecule has 1 rings (SSSR count). The second kappa shape index (κ2) is 4.25. The topological polar surface area (TPSA) is 56.7 Å². The van der Waals surface area contributed by atoms with Crippen LogP contribution in [0.2, 0.25) is 0 Å². The average Bonchev–Trinajstić information content (AvgIpc) is 2.45. The van der Waals surface area contributed by atoms with Gasteiger partial charge in [-0.25, -0.2) is 4.68 Å². The number of rotatable bonds is 4. The molecule has 1 aromatic rings. The molecule has 0 aliphatic carbocycles. The molecule has 0 fully saturated rings. The van der Waals surface area contributed by atoms with Crippen molar-refractivity contribution in [1.82, 2.24) is 15.0 Å². The first kappa shape index (κ1) is 10.0. The van der Waals surface area contributed by atoms with E-state index in [0.29, 0.717) is 11.7 Å². The lowest BCUT2D eigenvalue weighted by Gasteiger charge is -2.12. The van der Waals surface area contributed by atoms with Crippen molar-refractivity contribution in [1.29, 1.82) is 0 Å². The highest BCUT2D eigenvalue weighted by molar-refractivity contribution is 5.31. The SMILES string of the molecule is CCC(CC)Cn1nnc(N)c1C. The van der Waals surface area contributed by atoms with Crippen LogP contribution in [0.25, 0.3) is 0 Å². The number of nitrogen functional groups attached to an aromatic ring is 1. The number of nitrogens with zero attached hydrogens (tertiary/aromatic N) is 3. The Morgan fingerprint density at radius 3 is 2.38 bits per heavy atom. The zero-order valence-corrected chi connectivity index (χ0v) is 8.62. The predicted octanol–water partition coefficient (Wildman–Crippen LogP) is 1.60. The number of hydrogen-bond acceptors (Lipinski definition) is 3. The lowest BCUT2D eigenvalue weighted by molar-refractivity contribution is 0.385. The van der Waals surface area contributed by atoms with Gasteiger partial charge in [0, 0.05) is 6.54 Å². The molecule has 0 aliphatic rings. The van der Waals surface area contributed by atoms with Crippen LogP contribution in [0.15, 0.2) is 0 Å². The van der Waals surface area contributed by atoms with Crippen molar-refractivity contribution in [3.63, 3.8) is 0 Å². The summed E-state index contributed by atoms with van der Waals surface area (Å²) in [5, 5.41) is 7.82. The molecule has 1 aromatic heterocycles. The van der Waals surface area contributed by atoms with E-state index in [-0.39, 0.29) is 0 Å². The molecule has 0 unspecified atom stereocenters. The van der Waals surface area contributed by atoms with Gasteiger partial charge in [0.1, 0.15) is 0 Å². The molecule has 0 radical (unpaired) electrons. The first-order chi connectivity index (χ1) is 6.19. The normalized spacial score (nSPS) is 11.1. The van der Waals surface area contributed by atoms with Crippen LogP contribution in [0.5, 0.6) is 0 Å². The van der Waals surface area contributed by atoms with E-state index in [1.165, 1.54) is 12.8 Å². The van der Waals surface area contributed by atoms with E-state index in [2.05, 4.69) is 24.2 Å². The zero-order chi connectivity index (χ0) is 9.84. The third-order valence-corrected chi connectivity index (χ3v) is 2.60. The molecule has 4 nitrogen and oxygen atoms in total. The van der Waals surface area contributed by atoms with Crippen molar-refractivity contribution < 1.29 is 0 Å². The molecule has 4 heteroatoms. The molecule has 0 aliphatic heterocycles. The van der Waals surface area contributed by atoms with Crippen molar-refractivity contribution >= 4 is 5.82 Å². The summed E-state index contributed by atoms with van der Waals surface area (Å²) < 4.78 is 1.90. The quantitative estimate of drug-likeness (QED) is 0.769. The van der Waals surface area contributed by atoms with Crippen molar-refractivity contribution in [2.24, 2.45) is 5.92 Å². The first-order valence-electron chi connectivity index (χ1n) is 4.84. The lowest BCUT2D eigenvalue weighted by Crippen LogP contribution is -2.12. The number of nitrogens with two attached hydrogens (primary N) is 1. The van der Waals surface area contributed by atoms with E-state index in [4.69, 9.17) is 5.73 Å². The highest BCUT2D eigenvalue weighted by Gasteiger charge is 2.09. The van der Waals surface area contributed by atoms with Gasteiger partial charge in [0.25, 0.3) is 0 Å². The minimum absolute atomic E-state index is 0.547. The van der Waals surface area contributed by atoms with Crippen LogP contribution in [-0.4, -0.2) is 15.0 Å². The third kappa shape index (κ3) is 2.20. The molecule has 0 atom stereocenters. The Morgan fingerprint density at radius 1 is 1.38 bits per heavy atom. The number of anilines is 1. The fraction of sp³-hybridized carbons (Fsp3) is 0.778. The molecule has 2 N–H and O–H groups in total. The summed E-state index contributed by atoms with van der Waals surface area (Å²) >= 11 is 0. The zero-order valence-electron chi connectivity index (χ0n) is 8.62.